The maximum Gasteiger partial charge on any atom is 0.303 e. The van der Waals surface area contributed by atoms with E-state index in [-0.39, 0.29) is 6.42 Å². The molecule has 0 heterocycles. The van der Waals surface area contributed by atoms with E-state index in [1.165, 1.54) is 0 Å². The van der Waals surface area contributed by atoms with Crippen LogP contribution in [-0.4, -0.2) is 17.6 Å². The molecular formula is C16H16N2O2. The van der Waals surface area contributed by atoms with Crippen molar-refractivity contribution in [2.24, 2.45) is 0 Å². The SMILES string of the molecule is N#Cc1ccc(NCCCCC(=O)O)c2ccccc12. The number of benzene rings is 2. The van der Waals surface area contributed by atoms with Gasteiger partial charge in [-0.3, -0.25) is 4.79 Å². The third kappa shape index (κ3) is 3.27. The van der Waals surface area contributed by atoms with E-state index in [1.54, 1.807) is 0 Å². The molecule has 0 amide bonds. The Morgan fingerprint density at radius 1 is 1.15 bits per heavy atom. The maximum atomic E-state index is 10.4. The van der Waals surface area contributed by atoms with Crippen LogP contribution in [0.4, 0.5) is 5.69 Å². The monoisotopic (exact) mass is 268 g/mol. The smallest absolute Gasteiger partial charge is 0.303 e. The van der Waals surface area contributed by atoms with E-state index in [1.807, 2.05) is 36.4 Å². The number of rotatable bonds is 6. The number of unbranched alkanes of at least 4 members (excludes halogenated alkanes) is 1. The topological polar surface area (TPSA) is 73.1 Å². The number of nitriles is 1. The van der Waals surface area contributed by atoms with Gasteiger partial charge in [-0.05, 0) is 25.0 Å². The fraction of sp³-hybridized carbons (Fsp3) is 0.250. The number of carbonyl (C=O) groups is 1. The summed E-state index contributed by atoms with van der Waals surface area (Å²) in [6.45, 7) is 0.725. The van der Waals surface area contributed by atoms with E-state index < -0.39 is 5.97 Å². The molecule has 0 saturated heterocycles. The second-order valence-electron chi connectivity index (χ2n) is 4.60. The Labute approximate surface area is 117 Å². The first-order chi connectivity index (χ1) is 9.72. The molecule has 102 valence electrons. The Hall–Kier alpha value is -2.54. The van der Waals surface area contributed by atoms with E-state index in [2.05, 4.69) is 11.4 Å². The van der Waals surface area contributed by atoms with Crippen LogP contribution in [-0.2, 0) is 4.79 Å². The molecule has 0 radical (unpaired) electrons. The van der Waals surface area contributed by atoms with Crippen molar-refractivity contribution in [3.8, 4) is 6.07 Å². The highest BCUT2D eigenvalue weighted by molar-refractivity contribution is 5.97. The second-order valence-corrected chi connectivity index (χ2v) is 4.60. The second kappa shape index (κ2) is 6.58. The number of anilines is 1. The molecule has 2 N–H and O–H groups in total. The lowest BCUT2D eigenvalue weighted by atomic mass is 10.0. The third-order valence-electron chi connectivity index (χ3n) is 3.18. The first-order valence-electron chi connectivity index (χ1n) is 6.60. The van der Waals surface area contributed by atoms with Gasteiger partial charge in [0.15, 0.2) is 0 Å². The fourth-order valence-corrected chi connectivity index (χ4v) is 2.18. The van der Waals surface area contributed by atoms with Gasteiger partial charge in [-0.25, -0.2) is 0 Å². The summed E-state index contributed by atoms with van der Waals surface area (Å²) in [4.78, 5) is 10.4. The fourth-order valence-electron chi connectivity index (χ4n) is 2.18. The lowest BCUT2D eigenvalue weighted by Gasteiger charge is -2.10. The summed E-state index contributed by atoms with van der Waals surface area (Å²) >= 11 is 0. The molecule has 20 heavy (non-hydrogen) atoms. The van der Waals surface area contributed by atoms with Crippen LogP contribution in [0.15, 0.2) is 36.4 Å². The highest BCUT2D eigenvalue weighted by Gasteiger charge is 2.04. The quantitative estimate of drug-likeness (QED) is 0.788. The van der Waals surface area contributed by atoms with E-state index in [0.717, 1.165) is 29.4 Å². The summed E-state index contributed by atoms with van der Waals surface area (Å²) in [5.41, 5.74) is 1.65. The van der Waals surface area contributed by atoms with Crippen LogP contribution in [0.5, 0.6) is 0 Å². The number of nitrogens with one attached hydrogen (secondary N) is 1. The Kier molecular flexibility index (Phi) is 4.56. The minimum atomic E-state index is -0.756. The highest BCUT2D eigenvalue weighted by atomic mass is 16.4. The van der Waals surface area contributed by atoms with Gasteiger partial charge >= 0.3 is 5.97 Å². The van der Waals surface area contributed by atoms with Crippen LogP contribution in [0.3, 0.4) is 0 Å². The average molecular weight is 268 g/mol. The summed E-state index contributed by atoms with van der Waals surface area (Å²) in [6, 6.07) is 13.7. The van der Waals surface area contributed by atoms with E-state index in [0.29, 0.717) is 12.0 Å². The Bertz CT molecular complexity index is 659. The van der Waals surface area contributed by atoms with Crippen LogP contribution in [0.25, 0.3) is 10.8 Å². The number of aliphatic carboxylic acids is 1. The number of carboxylic acids is 1. The van der Waals surface area contributed by atoms with E-state index in [9.17, 15) is 4.79 Å². The molecule has 0 aliphatic carbocycles. The third-order valence-corrected chi connectivity index (χ3v) is 3.18. The van der Waals surface area contributed by atoms with E-state index >= 15 is 0 Å². The Morgan fingerprint density at radius 3 is 2.60 bits per heavy atom. The Balaban J connectivity index is 2.08. The summed E-state index contributed by atoms with van der Waals surface area (Å²) in [6.07, 6.45) is 1.67. The summed E-state index contributed by atoms with van der Waals surface area (Å²) < 4.78 is 0. The molecule has 0 spiro atoms. The van der Waals surface area contributed by atoms with Crippen molar-refractivity contribution < 1.29 is 9.90 Å². The number of hydrogen-bond donors (Lipinski definition) is 2. The first-order valence-corrected chi connectivity index (χ1v) is 6.60. The molecule has 0 fully saturated rings. The van der Waals surface area contributed by atoms with Crippen LogP contribution >= 0.6 is 0 Å². The van der Waals surface area contributed by atoms with Crippen LogP contribution in [0, 0.1) is 11.3 Å². The first kappa shape index (κ1) is 13.9. The van der Waals surface area contributed by atoms with Gasteiger partial charge in [0.2, 0.25) is 0 Å². The molecule has 2 rings (SSSR count). The molecule has 0 atom stereocenters. The van der Waals surface area contributed by atoms with Crippen molar-refractivity contribution in [1.82, 2.24) is 0 Å². The molecule has 0 aliphatic rings. The number of carboxylic acid groups (broad SMARTS) is 1. The Morgan fingerprint density at radius 2 is 1.90 bits per heavy atom. The summed E-state index contributed by atoms with van der Waals surface area (Å²) in [5, 5.41) is 22.9. The van der Waals surface area contributed by atoms with Crippen molar-refractivity contribution in [3.05, 3.63) is 42.0 Å². The molecule has 2 aromatic rings. The molecule has 0 saturated carbocycles. The lowest BCUT2D eigenvalue weighted by Crippen LogP contribution is -2.03. The van der Waals surface area contributed by atoms with Crippen LogP contribution in [0.1, 0.15) is 24.8 Å². The van der Waals surface area contributed by atoms with Crippen molar-refractivity contribution in [2.75, 3.05) is 11.9 Å². The van der Waals surface area contributed by atoms with Gasteiger partial charge in [0.1, 0.15) is 0 Å². The molecule has 0 aromatic heterocycles. The van der Waals surface area contributed by atoms with Crippen molar-refractivity contribution in [3.63, 3.8) is 0 Å². The molecule has 4 nitrogen and oxygen atoms in total. The molecule has 0 bridgehead atoms. The van der Waals surface area contributed by atoms with Gasteiger partial charge in [-0.1, -0.05) is 24.3 Å². The van der Waals surface area contributed by atoms with Gasteiger partial charge < -0.3 is 10.4 Å². The average Bonchev–Trinajstić information content (AvgIpc) is 2.46. The van der Waals surface area contributed by atoms with Crippen molar-refractivity contribution >= 4 is 22.4 Å². The van der Waals surface area contributed by atoms with Crippen molar-refractivity contribution in [2.45, 2.75) is 19.3 Å². The normalized spacial score (nSPS) is 10.2. The lowest BCUT2D eigenvalue weighted by molar-refractivity contribution is -0.137. The summed E-state index contributed by atoms with van der Waals surface area (Å²) in [5.74, 6) is -0.756. The van der Waals surface area contributed by atoms with Gasteiger partial charge in [-0.2, -0.15) is 5.26 Å². The minimum Gasteiger partial charge on any atom is -0.481 e. The van der Waals surface area contributed by atoms with E-state index in [4.69, 9.17) is 10.4 Å². The van der Waals surface area contributed by atoms with Crippen LogP contribution in [0.2, 0.25) is 0 Å². The largest absolute Gasteiger partial charge is 0.481 e. The van der Waals surface area contributed by atoms with Gasteiger partial charge in [0.05, 0.1) is 11.6 Å². The van der Waals surface area contributed by atoms with Gasteiger partial charge in [0.25, 0.3) is 0 Å². The predicted octanol–water partition coefficient (Wildman–Crippen LogP) is 3.38. The molecule has 0 aliphatic heterocycles. The molecule has 0 unspecified atom stereocenters. The maximum absolute atomic E-state index is 10.4. The number of nitrogens with zero attached hydrogens (tertiary/aromatic N) is 1. The standard InChI is InChI=1S/C16H16N2O2/c17-11-12-8-9-15(14-6-2-1-5-13(12)14)18-10-4-3-7-16(19)20/h1-2,5-6,8-9,18H,3-4,7,10H2,(H,19,20). The molecule has 4 heteroatoms. The number of hydrogen-bond acceptors (Lipinski definition) is 3. The summed E-state index contributed by atoms with van der Waals surface area (Å²) in [7, 11) is 0. The van der Waals surface area contributed by atoms with Crippen LogP contribution < -0.4 is 5.32 Å². The number of fused-ring (bicyclic) bond motifs is 1. The minimum absolute atomic E-state index is 0.204. The molecular weight excluding hydrogens is 252 g/mol. The zero-order valence-electron chi connectivity index (χ0n) is 11.1. The zero-order chi connectivity index (χ0) is 14.4. The van der Waals surface area contributed by atoms with Gasteiger partial charge in [-0.15, -0.1) is 0 Å². The van der Waals surface area contributed by atoms with Crippen molar-refractivity contribution in [1.29, 1.82) is 5.26 Å². The molecule has 2 aromatic carbocycles. The highest BCUT2D eigenvalue weighted by Crippen LogP contribution is 2.26. The van der Waals surface area contributed by atoms with Gasteiger partial charge in [0, 0.05) is 29.4 Å². The predicted molar refractivity (Wildman–Crippen MR) is 78.6 cm³/mol. The zero-order valence-corrected chi connectivity index (χ0v) is 11.1.